The molecule has 0 bridgehead atoms. The van der Waals surface area contributed by atoms with Gasteiger partial charge in [0, 0.05) is 11.6 Å². The molecule has 0 aliphatic heterocycles. The molecule has 0 radical (unpaired) electrons. The third kappa shape index (κ3) is 0.925. The minimum Gasteiger partial charge on any atom is -0.397 e. The molecular weight excluding hydrogens is 148 g/mol. The zero-order valence-corrected chi connectivity index (χ0v) is 6.91. The van der Waals surface area contributed by atoms with E-state index in [1.807, 2.05) is 24.3 Å². The molecule has 12 heavy (non-hydrogen) atoms. The highest BCUT2D eigenvalue weighted by molar-refractivity contribution is 5.91. The Bertz CT molecular complexity index is 380. The van der Waals surface area contributed by atoms with Crippen molar-refractivity contribution in [3.63, 3.8) is 0 Å². The zero-order valence-electron chi connectivity index (χ0n) is 6.91. The first-order valence-electron chi connectivity index (χ1n) is 3.89. The lowest BCUT2D eigenvalue weighted by Gasteiger charge is -2.02. The third-order valence-electron chi connectivity index (χ3n) is 2.02. The molecule has 2 nitrogen and oxygen atoms in total. The maximum absolute atomic E-state index is 5.76. The van der Waals surface area contributed by atoms with Crippen LogP contribution in [0, 0.1) is 6.92 Å². The van der Waals surface area contributed by atoms with Gasteiger partial charge in [-0.25, -0.2) is 0 Å². The molecule has 0 aliphatic rings. The Morgan fingerprint density at radius 2 is 2.08 bits per heavy atom. The number of rotatable bonds is 0. The van der Waals surface area contributed by atoms with E-state index >= 15 is 0 Å². The first-order valence-corrected chi connectivity index (χ1v) is 3.89. The molecule has 2 heteroatoms. The van der Waals surface area contributed by atoms with Crippen LogP contribution in [0.2, 0.25) is 0 Å². The number of anilines is 1. The predicted octanol–water partition coefficient (Wildman–Crippen LogP) is 2.13. The molecule has 0 amide bonds. The lowest BCUT2D eigenvalue weighted by Crippen LogP contribution is -1.89. The van der Waals surface area contributed by atoms with Gasteiger partial charge in [0.05, 0.1) is 11.2 Å². The molecule has 2 N–H and O–H groups in total. The maximum atomic E-state index is 5.76. The SMILES string of the molecule is Cc1ccnc2c(N)cccc12. The first kappa shape index (κ1) is 7.10. The van der Waals surface area contributed by atoms with E-state index in [1.54, 1.807) is 6.20 Å². The quantitative estimate of drug-likeness (QED) is 0.596. The van der Waals surface area contributed by atoms with Gasteiger partial charge in [0.15, 0.2) is 0 Å². The van der Waals surface area contributed by atoms with Crippen molar-refractivity contribution in [1.82, 2.24) is 4.98 Å². The van der Waals surface area contributed by atoms with E-state index in [9.17, 15) is 0 Å². The molecule has 0 atom stereocenters. The van der Waals surface area contributed by atoms with Gasteiger partial charge >= 0.3 is 0 Å². The summed E-state index contributed by atoms with van der Waals surface area (Å²) in [7, 11) is 0. The van der Waals surface area contributed by atoms with Crippen LogP contribution in [0.25, 0.3) is 10.9 Å². The van der Waals surface area contributed by atoms with Gasteiger partial charge in [-0.2, -0.15) is 0 Å². The number of aryl methyl sites for hydroxylation is 1. The van der Waals surface area contributed by atoms with Crippen molar-refractivity contribution in [3.05, 3.63) is 36.0 Å². The van der Waals surface area contributed by atoms with Crippen LogP contribution in [0.15, 0.2) is 30.5 Å². The van der Waals surface area contributed by atoms with Crippen molar-refractivity contribution < 1.29 is 0 Å². The van der Waals surface area contributed by atoms with Crippen molar-refractivity contribution in [2.75, 3.05) is 5.73 Å². The van der Waals surface area contributed by atoms with Crippen LogP contribution in [0.1, 0.15) is 5.56 Å². The summed E-state index contributed by atoms with van der Waals surface area (Å²) in [4.78, 5) is 4.22. The number of nitrogens with zero attached hydrogens (tertiary/aromatic N) is 1. The van der Waals surface area contributed by atoms with Crippen molar-refractivity contribution >= 4 is 16.6 Å². The maximum Gasteiger partial charge on any atom is 0.0933 e. The van der Waals surface area contributed by atoms with Gasteiger partial charge in [0.1, 0.15) is 0 Å². The molecule has 0 unspecified atom stereocenters. The number of nitrogen functional groups attached to an aromatic ring is 1. The molecule has 0 fully saturated rings. The van der Waals surface area contributed by atoms with Crippen LogP contribution < -0.4 is 5.73 Å². The second kappa shape index (κ2) is 2.48. The number of fused-ring (bicyclic) bond motifs is 1. The zero-order chi connectivity index (χ0) is 8.55. The largest absolute Gasteiger partial charge is 0.397 e. The second-order valence-corrected chi connectivity index (χ2v) is 2.87. The minimum absolute atomic E-state index is 0.746. The van der Waals surface area contributed by atoms with Crippen LogP contribution in [-0.2, 0) is 0 Å². The summed E-state index contributed by atoms with van der Waals surface area (Å²) in [6.07, 6.45) is 1.79. The smallest absolute Gasteiger partial charge is 0.0933 e. The van der Waals surface area contributed by atoms with Gasteiger partial charge in [-0.05, 0) is 24.6 Å². The number of aromatic nitrogens is 1. The van der Waals surface area contributed by atoms with Gasteiger partial charge in [-0.1, -0.05) is 12.1 Å². The Labute approximate surface area is 71.0 Å². The summed E-state index contributed by atoms with van der Waals surface area (Å²) in [6.45, 7) is 2.06. The van der Waals surface area contributed by atoms with Crippen molar-refractivity contribution in [2.24, 2.45) is 0 Å². The second-order valence-electron chi connectivity index (χ2n) is 2.87. The lowest BCUT2D eigenvalue weighted by atomic mass is 10.1. The van der Waals surface area contributed by atoms with Crippen molar-refractivity contribution in [1.29, 1.82) is 0 Å². The number of hydrogen-bond donors (Lipinski definition) is 1. The summed E-state index contributed by atoms with van der Waals surface area (Å²) < 4.78 is 0. The van der Waals surface area contributed by atoms with E-state index in [0.29, 0.717) is 0 Å². The molecule has 0 aliphatic carbocycles. The van der Waals surface area contributed by atoms with Crippen LogP contribution in [-0.4, -0.2) is 4.98 Å². The van der Waals surface area contributed by atoms with E-state index in [4.69, 9.17) is 5.73 Å². The Kier molecular flexibility index (Phi) is 1.47. The molecule has 1 heterocycles. The summed E-state index contributed by atoms with van der Waals surface area (Å²) in [5.74, 6) is 0. The van der Waals surface area contributed by atoms with E-state index in [0.717, 1.165) is 16.6 Å². The molecule has 0 saturated carbocycles. The molecule has 1 aromatic heterocycles. The van der Waals surface area contributed by atoms with Gasteiger partial charge < -0.3 is 5.73 Å². The first-order chi connectivity index (χ1) is 5.79. The third-order valence-corrected chi connectivity index (χ3v) is 2.02. The standard InChI is InChI=1S/C10H10N2/c1-7-5-6-12-10-8(7)3-2-4-9(10)11/h2-6H,11H2,1H3. The van der Waals surface area contributed by atoms with Gasteiger partial charge in [-0.3, -0.25) is 4.98 Å². The Balaban J connectivity index is 2.94. The number of benzene rings is 1. The van der Waals surface area contributed by atoms with E-state index in [1.165, 1.54) is 5.56 Å². The number of hydrogen-bond acceptors (Lipinski definition) is 2. The fourth-order valence-corrected chi connectivity index (χ4v) is 1.34. The average molecular weight is 158 g/mol. The van der Waals surface area contributed by atoms with Gasteiger partial charge in [0.2, 0.25) is 0 Å². The number of pyridine rings is 1. The van der Waals surface area contributed by atoms with Crippen LogP contribution in [0.5, 0.6) is 0 Å². The summed E-state index contributed by atoms with van der Waals surface area (Å²) in [5, 5.41) is 1.14. The highest BCUT2D eigenvalue weighted by Crippen LogP contribution is 2.20. The van der Waals surface area contributed by atoms with Crippen LogP contribution >= 0.6 is 0 Å². The summed E-state index contributed by atoms with van der Waals surface area (Å²) in [5.41, 5.74) is 8.62. The Hall–Kier alpha value is -1.57. The van der Waals surface area contributed by atoms with E-state index < -0.39 is 0 Å². The van der Waals surface area contributed by atoms with Crippen LogP contribution in [0.4, 0.5) is 5.69 Å². The van der Waals surface area contributed by atoms with Crippen LogP contribution in [0.3, 0.4) is 0 Å². The van der Waals surface area contributed by atoms with Crippen molar-refractivity contribution in [2.45, 2.75) is 6.92 Å². The Morgan fingerprint density at radius 1 is 1.25 bits per heavy atom. The normalized spacial score (nSPS) is 10.4. The average Bonchev–Trinajstić information content (AvgIpc) is 2.07. The molecular formula is C10H10N2. The van der Waals surface area contributed by atoms with E-state index in [-0.39, 0.29) is 0 Å². The molecule has 0 spiro atoms. The van der Waals surface area contributed by atoms with Gasteiger partial charge in [-0.15, -0.1) is 0 Å². The molecule has 0 saturated heterocycles. The Morgan fingerprint density at radius 3 is 2.83 bits per heavy atom. The summed E-state index contributed by atoms with van der Waals surface area (Å²) >= 11 is 0. The van der Waals surface area contributed by atoms with Crippen molar-refractivity contribution in [3.8, 4) is 0 Å². The predicted molar refractivity (Wildman–Crippen MR) is 50.9 cm³/mol. The lowest BCUT2D eigenvalue weighted by molar-refractivity contribution is 1.37. The minimum atomic E-state index is 0.746. The highest BCUT2D eigenvalue weighted by Gasteiger charge is 1.99. The van der Waals surface area contributed by atoms with Gasteiger partial charge in [0.25, 0.3) is 0 Å². The molecule has 1 aromatic carbocycles. The fourth-order valence-electron chi connectivity index (χ4n) is 1.34. The number of nitrogens with two attached hydrogens (primary N) is 1. The summed E-state index contributed by atoms with van der Waals surface area (Å²) in [6, 6.07) is 7.84. The molecule has 2 rings (SSSR count). The van der Waals surface area contributed by atoms with E-state index in [2.05, 4.69) is 11.9 Å². The highest BCUT2D eigenvalue weighted by atomic mass is 14.7. The topological polar surface area (TPSA) is 38.9 Å². The fraction of sp³-hybridized carbons (Fsp3) is 0.100. The monoisotopic (exact) mass is 158 g/mol. The number of para-hydroxylation sites is 1. The molecule has 60 valence electrons. The molecule has 2 aromatic rings.